The smallest absolute Gasteiger partial charge is 0.251 e. The second-order valence-corrected chi connectivity index (χ2v) is 9.21. The van der Waals surface area contributed by atoms with Crippen molar-refractivity contribution in [2.45, 2.75) is 45.2 Å². The van der Waals surface area contributed by atoms with Crippen LogP contribution in [0.25, 0.3) is 0 Å². The average molecular weight is 387 g/mol. The van der Waals surface area contributed by atoms with E-state index >= 15 is 0 Å². The molecule has 2 aromatic carbocycles. The summed E-state index contributed by atoms with van der Waals surface area (Å²) in [6.07, 6.45) is 3.60. The van der Waals surface area contributed by atoms with Crippen LogP contribution in [0.15, 0.2) is 48.5 Å². The van der Waals surface area contributed by atoms with Gasteiger partial charge in [-0.15, -0.1) is 0 Å². The summed E-state index contributed by atoms with van der Waals surface area (Å²) < 4.78 is 25.4. The molecule has 5 nitrogen and oxygen atoms in total. The van der Waals surface area contributed by atoms with Crippen LogP contribution in [0.1, 0.15) is 41.8 Å². The summed E-state index contributed by atoms with van der Waals surface area (Å²) in [4.78, 5) is 12.6. The van der Waals surface area contributed by atoms with E-state index < -0.39 is 10.0 Å². The van der Waals surface area contributed by atoms with Gasteiger partial charge in [-0.25, -0.2) is 8.42 Å². The summed E-state index contributed by atoms with van der Waals surface area (Å²) in [5, 5.41) is 3.04. The number of anilines is 1. The number of sulfonamides is 1. The first-order chi connectivity index (χ1) is 12.8. The van der Waals surface area contributed by atoms with Crippen LogP contribution in [0.5, 0.6) is 0 Å². The first kappa shape index (κ1) is 19.4. The molecule has 0 aliphatic carbocycles. The molecule has 1 amide bonds. The number of carbonyl (C=O) groups is 1. The number of rotatable bonds is 6. The highest BCUT2D eigenvalue weighted by atomic mass is 32.2. The lowest BCUT2D eigenvalue weighted by Gasteiger charge is -2.22. The molecule has 0 fully saturated rings. The second-order valence-electron chi connectivity index (χ2n) is 7.35. The number of fused-ring (bicyclic) bond motifs is 1. The zero-order valence-corrected chi connectivity index (χ0v) is 16.8. The Morgan fingerprint density at radius 2 is 1.93 bits per heavy atom. The summed E-state index contributed by atoms with van der Waals surface area (Å²) in [5.41, 5.74) is 3.41. The van der Waals surface area contributed by atoms with Gasteiger partial charge in [0, 0.05) is 17.6 Å². The largest absolute Gasteiger partial charge is 0.350 e. The first-order valence-electron chi connectivity index (χ1n) is 9.23. The molecule has 0 saturated carbocycles. The topological polar surface area (TPSA) is 66.5 Å². The van der Waals surface area contributed by atoms with Gasteiger partial charge >= 0.3 is 0 Å². The van der Waals surface area contributed by atoms with Gasteiger partial charge in [0.2, 0.25) is 10.0 Å². The Labute approximate surface area is 161 Å². The van der Waals surface area contributed by atoms with Crippen molar-refractivity contribution in [3.05, 3.63) is 65.2 Å². The van der Waals surface area contributed by atoms with Gasteiger partial charge in [0.05, 0.1) is 11.9 Å². The lowest BCUT2D eigenvalue weighted by atomic mass is 10.0. The van der Waals surface area contributed by atoms with E-state index in [4.69, 9.17) is 0 Å². The van der Waals surface area contributed by atoms with Crippen molar-refractivity contribution >= 4 is 21.6 Å². The van der Waals surface area contributed by atoms with E-state index in [0.29, 0.717) is 17.7 Å². The molecule has 2 atom stereocenters. The number of nitrogens with one attached hydrogen (secondary N) is 1. The Bertz CT molecular complexity index is 926. The number of carbonyl (C=O) groups excluding carboxylic acids is 1. The predicted molar refractivity (Wildman–Crippen MR) is 109 cm³/mol. The Kier molecular flexibility index (Phi) is 5.56. The fraction of sp³-hybridized carbons (Fsp3) is 0.381. The highest BCUT2D eigenvalue weighted by Gasteiger charge is 2.32. The fourth-order valence-electron chi connectivity index (χ4n) is 3.66. The zero-order valence-electron chi connectivity index (χ0n) is 16.0. The van der Waals surface area contributed by atoms with Gasteiger partial charge in [0.1, 0.15) is 0 Å². The monoisotopic (exact) mass is 386 g/mol. The Morgan fingerprint density at radius 1 is 1.22 bits per heavy atom. The highest BCUT2D eigenvalue weighted by Crippen LogP contribution is 2.34. The summed E-state index contributed by atoms with van der Waals surface area (Å²) in [6.45, 7) is 3.88. The van der Waals surface area contributed by atoms with E-state index in [0.717, 1.165) is 18.4 Å². The van der Waals surface area contributed by atoms with E-state index in [1.54, 1.807) is 12.1 Å². The quantitative estimate of drug-likeness (QED) is 0.829. The van der Waals surface area contributed by atoms with Crippen molar-refractivity contribution in [3.63, 3.8) is 0 Å². The molecule has 0 spiro atoms. The molecule has 1 aliphatic heterocycles. The van der Waals surface area contributed by atoms with E-state index in [1.807, 2.05) is 38.1 Å². The Balaban J connectivity index is 1.65. The van der Waals surface area contributed by atoms with Crippen molar-refractivity contribution < 1.29 is 13.2 Å². The van der Waals surface area contributed by atoms with Gasteiger partial charge in [-0.1, -0.05) is 30.3 Å². The maximum absolute atomic E-state index is 12.6. The van der Waals surface area contributed by atoms with Gasteiger partial charge in [-0.2, -0.15) is 0 Å². The van der Waals surface area contributed by atoms with Crippen molar-refractivity contribution in [1.82, 2.24) is 5.32 Å². The molecule has 0 saturated heterocycles. The molecule has 2 aromatic rings. The maximum atomic E-state index is 12.6. The number of amides is 1. The second kappa shape index (κ2) is 7.72. The van der Waals surface area contributed by atoms with Crippen LogP contribution >= 0.6 is 0 Å². The summed E-state index contributed by atoms with van der Waals surface area (Å²) >= 11 is 0. The van der Waals surface area contributed by atoms with Gasteiger partial charge in [-0.3, -0.25) is 9.10 Å². The molecule has 27 heavy (non-hydrogen) atoms. The van der Waals surface area contributed by atoms with Gasteiger partial charge < -0.3 is 5.32 Å². The molecule has 0 bridgehead atoms. The van der Waals surface area contributed by atoms with Crippen LogP contribution < -0.4 is 9.62 Å². The molecule has 6 heteroatoms. The third kappa shape index (κ3) is 4.50. The summed E-state index contributed by atoms with van der Waals surface area (Å²) in [7, 11) is -3.32. The SMILES string of the molecule is C[C@H](CCc1ccccc1)NC(=O)c1ccc2c(c1)C[C@@H](C)N2S(C)(=O)=O. The first-order valence-corrected chi connectivity index (χ1v) is 11.1. The normalized spacial score (nSPS) is 17.4. The molecular weight excluding hydrogens is 360 g/mol. The molecule has 0 radical (unpaired) electrons. The number of aryl methyl sites for hydroxylation is 1. The van der Waals surface area contributed by atoms with E-state index in [2.05, 4.69) is 17.4 Å². The number of hydrogen-bond acceptors (Lipinski definition) is 3. The number of benzene rings is 2. The maximum Gasteiger partial charge on any atom is 0.251 e. The lowest BCUT2D eigenvalue weighted by Crippen LogP contribution is -2.34. The van der Waals surface area contributed by atoms with Crippen molar-refractivity contribution in [2.75, 3.05) is 10.6 Å². The van der Waals surface area contributed by atoms with E-state index in [1.165, 1.54) is 16.1 Å². The van der Waals surface area contributed by atoms with E-state index in [-0.39, 0.29) is 18.0 Å². The molecule has 1 heterocycles. The Hall–Kier alpha value is -2.34. The minimum Gasteiger partial charge on any atom is -0.350 e. The van der Waals surface area contributed by atoms with E-state index in [9.17, 15) is 13.2 Å². The van der Waals surface area contributed by atoms with Crippen LogP contribution in [-0.4, -0.2) is 32.7 Å². The van der Waals surface area contributed by atoms with Gasteiger partial charge in [0.25, 0.3) is 5.91 Å². The van der Waals surface area contributed by atoms with Crippen LogP contribution in [-0.2, 0) is 22.9 Å². The molecule has 144 valence electrons. The standard InChI is InChI=1S/C21H26N2O3S/c1-15(9-10-17-7-5-4-6-8-17)22-21(24)18-11-12-20-19(14-18)13-16(2)23(20)27(3,25)26/h4-8,11-12,14-16H,9-10,13H2,1-3H3,(H,22,24)/t15-,16-/m1/s1. The van der Waals surface area contributed by atoms with Crippen LogP contribution in [0.4, 0.5) is 5.69 Å². The minimum absolute atomic E-state index is 0.0532. The minimum atomic E-state index is -3.32. The Morgan fingerprint density at radius 3 is 2.59 bits per heavy atom. The van der Waals surface area contributed by atoms with Gasteiger partial charge in [-0.05, 0) is 62.4 Å². The zero-order chi connectivity index (χ0) is 19.6. The fourth-order valence-corrected chi connectivity index (χ4v) is 4.92. The van der Waals surface area contributed by atoms with Crippen LogP contribution in [0.2, 0.25) is 0 Å². The van der Waals surface area contributed by atoms with Crippen molar-refractivity contribution in [3.8, 4) is 0 Å². The third-order valence-corrected chi connectivity index (χ3v) is 6.21. The molecule has 3 rings (SSSR count). The highest BCUT2D eigenvalue weighted by molar-refractivity contribution is 7.92. The molecular formula is C21H26N2O3S. The van der Waals surface area contributed by atoms with Gasteiger partial charge in [0.15, 0.2) is 0 Å². The lowest BCUT2D eigenvalue weighted by molar-refractivity contribution is 0.0938. The molecule has 1 aliphatic rings. The van der Waals surface area contributed by atoms with Crippen LogP contribution in [0.3, 0.4) is 0 Å². The number of nitrogens with zero attached hydrogens (tertiary/aromatic N) is 1. The number of hydrogen-bond donors (Lipinski definition) is 1. The third-order valence-electron chi connectivity index (χ3n) is 4.94. The predicted octanol–water partition coefficient (Wildman–Crippen LogP) is 3.15. The summed E-state index contributed by atoms with van der Waals surface area (Å²) in [5.74, 6) is -0.121. The molecule has 1 N–H and O–H groups in total. The van der Waals surface area contributed by atoms with Crippen molar-refractivity contribution in [1.29, 1.82) is 0 Å². The van der Waals surface area contributed by atoms with Crippen molar-refractivity contribution in [2.24, 2.45) is 0 Å². The average Bonchev–Trinajstić information content (AvgIpc) is 2.95. The molecule has 0 unspecified atom stereocenters. The molecule has 0 aromatic heterocycles. The van der Waals surface area contributed by atoms with Crippen LogP contribution in [0, 0.1) is 0 Å². The summed E-state index contributed by atoms with van der Waals surface area (Å²) in [6, 6.07) is 15.4.